The first-order chi connectivity index (χ1) is 11.9. The van der Waals surface area contributed by atoms with Gasteiger partial charge in [-0.1, -0.05) is 30.3 Å². The Hall–Kier alpha value is -2.67. The molecule has 1 fully saturated rings. The number of nitrogens with one attached hydrogen (secondary N) is 1. The van der Waals surface area contributed by atoms with Gasteiger partial charge in [0.15, 0.2) is 0 Å². The number of benzene rings is 2. The van der Waals surface area contributed by atoms with Crippen LogP contribution in [0, 0.1) is 6.92 Å². The van der Waals surface area contributed by atoms with E-state index in [2.05, 4.69) is 5.32 Å². The maximum absolute atomic E-state index is 12.4. The highest BCUT2D eigenvalue weighted by Crippen LogP contribution is 2.25. The molecule has 0 radical (unpaired) electrons. The smallest absolute Gasteiger partial charge is 0.251 e. The molecule has 0 unspecified atom stereocenters. The van der Waals surface area contributed by atoms with Gasteiger partial charge >= 0.3 is 0 Å². The first-order valence-electron chi connectivity index (χ1n) is 7.87. The number of nitrogens with zero attached hydrogens (tertiary/aromatic N) is 1. The predicted octanol–water partition coefficient (Wildman–Crippen LogP) is 1.99. The summed E-state index contributed by atoms with van der Waals surface area (Å²) in [5.41, 5.74) is 2.58. The van der Waals surface area contributed by atoms with Crippen LogP contribution in [0.5, 0.6) is 0 Å². The fourth-order valence-electron chi connectivity index (χ4n) is 2.73. The SMILES string of the molecule is Cc1ccccc1CNC(=O)c1cccc(N2C(=O)CCS2(=O)=O)c1. The van der Waals surface area contributed by atoms with E-state index >= 15 is 0 Å². The van der Waals surface area contributed by atoms with E-state index in [0.717, 1.165) is 15.4 Å². The highest BCUT2D eigenvalue weighted by Gasteiger charge is 2.36. The molecule has 0 aliphatic carbocycles. The molecule has 1 aliphatic heterocycles. The lowest BCUT2D eigenvalue weighted by Gasteiger charge is -2.16. The molecule has 130 valence electrons. The van der Waals surface area contributed by atoms with Crippen molar-refractivity contribution in [3.05, 3.63) is 65.2 Å². The Morgan fingerprint density at radius 1 is 1.16 bits per heavy atom. The van der Waals surface area contributed by atoms with Crippen LogP contribution >= 0.6 is 0 Å². The average Bonchev–Trinajstić information content (AvgIpc) is 2.87. The molecule has 2 aromatic rings. The molecule has 1 heterocycles. The number of carbonyl (C=O) groups excluding carboxylic acids is 2. The zero-order valence-corrected chi connectivity index (χ0v) is 14.5. The minimum atomic E-state index is -3.64. The predicted molar refractivity (Wildman–Crippen MR) is 94.7 cm³/mol. The Bertz CT molecular complexity index is 938. The number of hydrogen-bond acceptors (Lipinski definition) is 4. The van der Waals surface area contributed by atoms with Crippen LogP contribution in [-0.4, -0.2) is 26.0 Å². The van der Waals surface area contributed by atoms with E-state index in [9.17, 15) is 18.0 Å². The van der Waals surface area contributed by atoms with Crippen LogP contribution in [0.1, 0.15) is 27.9 Å². The van der Waals surface area contributed by atoms with Gasteiger partial charge < -0.3 is 5.32 Å². The molecule has 0 atom stereocenters. The van der Waals surface area contributed by atoms with Crippen molar-refractivity contribution in [1.29, 1.82) is 0 Å². The summed E-state index contributed by atoms with van der Waals surface area (Å²) in [4.78, 5) is 24.2. The topological polar surface area (TPSA) is 83.6 Å². The molecule has 2 amide bonds. The lowest BCUT2D eigenvalue weighted by molar-refractivity contribution is -0.116. The van der Waals surface area contributed by atoms with E-state index in [1.807, 2.05) is 31.2 Å². The summed E-state index contributed by atoms with van der Waals surface area (Å²) in [7, 11) is -3.64. The highest BCUT2D eigenvalue weighted by molar-refractivity contribution is 7.94. The maximum atomic E-state index is 12.4. The lowest BCUT2D eigenvalue weighted by Crippen LogP contribution is -2.30. The van der Waals surface area contributed by atoms with Crippen LogP contribution in [0.2, 0.25) is 0 Å². The van der Waals surface area contributed by atoms with E-state index in [4.69, 9.17) is 0 Å². The van der Waals surface area contributed by atoms with Crippen LogP contribution in [0.3, 0.4) is 0 Å². The summed E-state index contributed by atoms with van der Waals surface area (Å²) in [6.45, 7) is 2.34. The molecule has 1 N–H and O–H groups in total. The van der Waals surface area contributed by atoms with Crippen molar-refractivity contribution in [1.82, 2.24) is 5.32 Å². The van der Waals surface area contributed by atoms with E-state index in [1.54, 1.807) is 12.1 Å². The second-order valence-corrected chi connectivity index (χ2v) is 7.82. The number of anilines is 1. The number of rotatable bonds is 4. The Kier molecular flexibility index (Phi) is 4.59. The van der Waals surface area contributed by atoms with Gasteiger partial charge in [-0.15, -0.1) is 0 Å². The van der Waals surface area contributed by atoms with Crippen molar-refractivity contribution in [2.45, 2.75) is 19.9 Å². The number of amides is 2. The van der Waals surface area contributed by atoms with Gasteiger partial charge in [0.1, 0.15) is 0 Å². The number of carbonyl (C=O) groups is 2. The van der Waals surface area contributed by atoms with Gasteiger partial charge in [0.2, 0.25) is 15.9 Å². The molecule has 2 aromatic carbocycles. The quantitative estimate of drug-likeness (QED) is 0.906. The molecule has 0 saturated carbocycles. The molecule has 0 spiro atoms. The monoisotopic (exact) mass is 358 g/mol. The minimum Gasteiger partial charge on any atom is -0.348 e. The standard InChI is InChI=1S/C18H18N2O4S/c1-13-5-2-3-6-15(13)12-19-18(22)14-7-4-8-16(11-14)20-17(21)9-10-25(20,23)24/h2-8,11H,9-10,12H2,1H3,(H,19,22). The Labute approximate surface area is 146 Å². The average molecular weight is 358 g/mol. The first-order valence-corrected chi connectivity index (χ1v) is 9.48. The third kappa shape index (κ3) is 3.56. The van der Waals surface area contributed by atoms with E-state index in [-0.39, 0.29) is 23.8 Å². The van der Waals surface area contributed by atoms with Gasteiger partial charge in [-0.2, -0.15) is 0 Å². The van der Waals surface area contributed by atoms with Crippen LogP contribution in [0.25, 0.3) is 0 Å². The van der Waals surface area contributed by atoms with Crippen molar-refractivity contribution in [3.63, 3.8) is 0 Å². The normalized spacial score (nSPS) is 16.0. The van der Waals surface area contributed by atoms with Crippen molar-refractivity contribution in [3.8, 4) is 0 Å². The molecule has 1 saturated heterocycles. The number of sulfonamides is 1. The van der Waals surface area contributed by atoms with Gasteiger partial charge in [0.25, 0.3) is 5.91 Å². The molecule has 3 rings (SSSR count). The molecule has 0 aromatic heterocycles. The van der Waals surface area contributed by atoms with Gasteiger partial charge in [0, 0.05) is 18.5 Å². The van der Waals surface area contributed by atoms with Crippen LogP contribution < -0.4 is 9.62 Å². The lowest BCUT2D eigenvalue weighted by atomic mass is 10.1. The fourth-order valence-corrected chi connectivity index (χ4v) is 4.18. The molecule has 25 heavy (non-hydrogen) atoms. The summed E-state index contributed by atoms with van der Waals surface area (Å²) in [5, 5.41) is 2.81. The molecule has 1 aliphatic rings. The van der Waals surface area contributed by atoms with Gasteiger partial charge in [-0.3, -0.25) is 9.59 Å². The van der Waals surface area contributed by atoms with Crippen molar-refractivity contribution >= 4 is 27.5 Å². The zero-order chi connectivity index (χ0) is 18.0. The molecule has 7 heteroatoms. The van der Waals surface area contributed by atoms with Gasteiger partial charge in [0.05, 0.1) is 11.4 Å². The van der Waals surface area contributed by atoms with Crippen molar-refractivity contribution < 1.29 is 18.0 Å². The first kappa shape index (κ1) is 17.2. The maximum Gasteiger partial charge on any atom is 0.251 e. The highest BCUT2D eigenvalue weighted by atomic mass is 32.2. The summed E-state index contributed by atoms with van der Waals surface area (Å²) in [6, 6.07) is 13.8. The molecular formula is C18H18N2O4S. The summed E-state index contributed by atoms with van der Waals surface area (Å²) in [5.74, 6) is -0.998. The second-order valence-electron chi connectivity index (χ2n) is 5.88. The Balaban J connectivity index is 1.78. The largest absolute Gasteiger partial charge is 0.348 e. The molecule has 0 bridgehead atoms. The van der Waals surface area contributed by atoms with Crippen molar-refractivity contribution in [2.75, 3.05) is 10.1 Å². The van der Waals surface area contributed by atoms with E-state index < -0.39 is 15.9 Å². The Morgan fingerprint density at radius 3 is 2.60 bits per heavy atom. The molecule has 6 nitrogen and oxygen atoms in total. The van der Waals surface area contributed by atoms with Crippen LogP contribution in [0.4, 0.5) is 5.69 Å². The van der Waals surface area contributed by atoms with Crippen molar-refractivity contribution in [2.24, 2.45) is 0 Å². The third-order valence-electron chi connectivity index (χ3n) is 4.12. The van der Waals surface area contributed by atoms with E-state index in [0.29, 0.717) is 12.1 Å². The zero-order valence-electron chi connectivity index (χ0n) is 13.7. The second kappa shape index (κ2) is 6.68. The van der Waals surface area contributed by atoms with Gasteiger partial charge in [-0.25, -0.2) is 12.7 Å². The van der Waals surface area contributed by atoms with Gasteiger partial charge in [-0.05, 0) is 36.2 Å². The molecular weight excluding hydrogens is 340 g/mol. The summed E-state index contributed by atoms with van der Waals surface area (Å²) >= 11 is 0. The Morgan fingerprint density at radius 2 is 1.92 bits per heavy atom. The summed E-state index contributed by atoms with van der Waals surface area (Å²) in [6.07, 6.45) is -0.0357. The summed E-state index contributed by atoms with van der Waals surface area (Å²) < 4.78 is 24.8. The minimum absolute atomic E-state index is 0.0357. The van der Waals surface area contributed by atoms with Crippen LogP contribution in [-0.2, 0) is 21.4 Å². The third-order valence-corrected chi connectivity index (χ3v) is 5.81. The fraction of sp³-hybridized carbons (Fsp3) is 0.222. The number of aryl methyl sites for hydroxylation is 1. The van der Waals surface area contributed by atoms with Crippen LogP contribution in [0.15, 0.2) is 48.5 Å². The van der Waals surface area contributed by atoms with E-state index in [1.165, 1.54) is 12.1 Å². The number of hydrogen-bond donors (Lipinski definition) is 1.